The fraction of sp³-hybridized carbons (Fsp3) is 0.188. The maximum atomic E-state index is 14.1. The number of hydrogen-bond donors (Lipinski definition) is 0. The molecule has 0 radical (unpaired) electrons. The van der Waals surface area contributed by atoms with Crippen molar-refractivity contribution < 1.29 is 18.7 Å². The lowest BCUT2D eigenvalue weighted by Crippen LogP contribution is -2.07. The van der Waals surface area contributed by atoms with Crippen LogP contribution < -0.4 is 9.47 Å². The molecule has 0 saturated heterocycles. The predicted octanol–water partition coefficient (Wildman–Crippen LogP) is 3.38. The normalized spacial score (nSPS) is 10.2. The van der Waals surface area contributed by atoms with Gasteiger partial charge in [0.1, 0.15) is 17.3 Å². The number of aryl methyl sites for hydroxylation is 1. The number of hydrogen-bond acceptors (Lipinski definition) is 3. The van der Waals surface area contributed by atoms with Gasteiger partial charge in [0.25, 0.3) is 0 Å². The Morgan fingerprint density at radius 2 is 1.80 bits per heavy atom. The van der Waals surface area contributed by atoms with Crippen LogP contribution >= 0.6 is 0 Å². The first-order valence-electron chi connectivity index (χ1n) is 6.10. The van der Waals surface area contributed by atoms with E-state index in [0.29, 0.717) is 17.1 Å². The van der Waals surface area contributed by atoms with E-state index in [4.69, 9.17) is 9.47 Å². The van der Waals surface area contributed by atoms with Crippen molar-refractivity contribution in [2.24, 2.45) is 0 Å². The summed E-state index contributed by atoms with van der Waals surface area (Å²) in [6.07, 6.45) is 0. The minimum atomic E-state index is -0.512. The zero-order chi connectivity index (χ0) is 14.7. The van der Waals surface area contributed by atoms with Gasteiger partial charge in [-0.15, -0.1) is 0 Å². The van der Waals surface area contributed by atoms with Crippen LogP contribution in [-0.4, -0.2) is 20.0 Å². The Morgan fingerprint density at radius 3 is 2.45 bits per heavy atom. The highest BCUT2D eigenvalue weighted by molar-refractivity contribution is 6.11. The lowest BCUT2D eigenvalue weighted by atomic mass is 10.00. The standard InChI is InChI=1S/C16H15FO3/c1-10-5-4-6-12(15(10)17)16(18)13-9-11(19-2)7-8-14(13)20-3/h4-9H,1-3H3. The number of methoxy groups -OCH3 is 2. The van der Waals surface area contributed by atoms with E-state index < -0.39 is 11.6 Å². The third kappa shape index (κ3) is 2.50. The second-order valence-corrected chi connectivity index (χ2v) is 4.33. The molecule has 0 saturated carbocycles. The van der Waals surface area contributed by atoms with E-state index in [2.05, 4.69) is 0 Å². The van der Waals surface area contributed by atoms with Gasteiger partial charge in [-0.2, -0.15) is 0 Å². The number of ketones is 1. The Balaban J connectivity index is 2.55. The Labute approximate surface area is 117 Å². The van der Waals surface area contributed by atoms with E-state index >= 15 is 0 Å². The molecule has 0 aliphatic heterocycles. The number of carbonyl (C=O) groups is 1. The zero-order valence-corrected chi connectivity index (χ0v) is 11.6. The highest BCUT2D eigenvalue weighted by Crippen LogP contribution is 2.27. The van der Waals surface area contributed by atoms with Gasteiger partial charge in [0.2, 0.25) is 0 Å². The Bertz CT molecular complexity index is 650. The van der Waals surface area contributed by atoms with Gasteiger partial charge in [0.15, 0.2) is 5.78 Å². The van der Waals surface area contributed by atoms with Crippen molar-refractivity contribution in [1.82, 2.24) is 0 Å². The largest absolute Gasteiger partial charge is 0.497 e. The van der Waals surface area contributed by atoms with Crippen molar-refractivity contribution >= 4 is 5.78 Å². The molecule has 104 valence electrons. The van der Waals surface area contributed by atoms with Crippen LogP contribution in [0.5, 0.6) is 11.5 Å². The molecular weight excluding hydrogens is 259 g/mol. The molecule has 3 nitrogen and oxygen atoms in total. The summed E-state index contributed by atoms with van der Waals surface area (Å²) in [4.78, 5) is 12.5. The highest BCUT2D eigenvalue weighted by atomic mass is 19.1. The van der Waals surface area contributed by atoms with Gasteiger partial charge in [0.05, 0.1) is 25.3 Å². The molecule has 0 N–H and O–H groups in total. The van der Waals surface area contributed by atoms with Crippen LogP contribution in [0, 0.1) is 12.7 Å². The number of benzene rings is 2. The van der Waals surface area contributed by atoms with Crippen LogP contribution in [0.4, 0.5) is 4.39 Å². The molecule has 2 rings (SSSR count). The van der Waals surface area contributed by atoms with Crippen molar-refractivity contribution in [2.45, 2.75) is 6.92 Å². The topological polar surface area (TPSA) is 35.5 Å². The van der Waals surface area contributed by atoms with E-state index in [1.54, 1.807) is 37.3 Å². The van der Waals surface area contributed by atoms with E-state index in [1.807, 2.05) is 0 Å². The lowest BCUT2D eigenvalue weighted by molar-refractivity contribution is 0.103. The first kappa shape index (κ1) is 14.1. The maximum Gasteiger partial charge on any atom is 0.199 e. The third-order valence-electron chi connectivity index (χ3n) is 3.09. The molecule has 0 amide bonds. The summed E-state index contributed by atoms with van der Waals surface area (Å²) in [7, 11) is 2.97. The third-order valence-corrected chi connectivity index (χ3v) is 3.09. The summed E-state index contributed by atoms with van der Waals surface area (Å²) < 4.78 is 24.3. The summed E-state index contributed by atoms with van der Waals surface area (Å²) >= 11 is 0. The molecule has 0 aliphatic rings. The SMILES string of the molecule is COc1ccc(OC)c(C(=O)c2cccc(C)c2F)c1. The summed E-state index contributed by atoms with van der Waals surface area (Å²) in [6.45, 7) is 1.62. The van der Waals surface area contributed by atoms with Crippen molar-refractivity contribution in [3.63, 3.8) is 0 Å². The Kier molecular flexibility index (Phi) is 4.03. The molecular formula is C16H15FO3. The molecule has 0 bridgehead atoms. The molecule has 0 aliphatic carbocycles. The van der Waals surface area contributed by atoms with E-state index in [1.165, 1.54) is 20.3 Å². The second kappa shape index (κ2) is 5.74. The van der Waals surface area contributed by atoms with Crippen LogP contribution in [0.3, 0.4) is 0 Å². The van der Waals surface area contributed by atoms with Crippen LogP contribution in [0.2, 0.25) is 0 Å². The van der Waals surface area contributed by atoms with Gasteiger partial charge in [0, 0.05) is 0 Å². The summed E-state index contributed by atoms with van der Waals surface area (Å²) in [5, 5.41) is 0. The van der Waals surface area contributed by atoms with Gasteiger partial charge in [-0.3, -0.25) is 4.79 Å². The minimum Gasteiger partial charge on any atom is -0.497 e. The summed E-state index contributed by atoms with van der Waals surface area (Å²) in [6, 6.07) is 9.59. The molecule has 0 aromatic heterocycles. The van der Waals surface area contributed by atoms with Crippen LogP contribution in [0.15, 0.2) is 36.4 Å². The number of halogens is 1. The van der Waals surface area contributed by atoms with Crippen molar-refractivity contribution in [3.8, 4) is 11.5 Å². The Morgan fingerprint density at radius 1 is 1.05 bits per heavy atom. The zero-order valence-electron chi connectivity index (χ0n) is 11.6. The fourth-order valence-electron chi connectivity index (χ4n) is 1.96. The molecule has 2 aromatic rings. The fourth-order valence-corrected chi connectivity index (χ4v) is 1.96. The van der Waals surface area contributed by atoms with Gasteiger partial charge < -0.3 is 9.47 Å². The maximum absolute atomic E-state index is 14.1. The van der Waals surface area contributed by atoms with Crippen molar-refractivity contribution in [1.29, 1.82) is 0 Å². The second-order valence-electron chi connectivity index (χ2n) is 4.33. The van der Waals surface area contributed by atoms with Gasteiger partial charge >= 0.3 is 0 Å². The smallest absolute Gasteiger partial charge is 0.199 e. The van der Waals surface area contributed by atoms with E-state index in [9.17, 15) is 9.18 Å². The van der Waals surface area contributed by atoms with Gasteiger partial charge in [-0.25, -0.2) is 4.39 Å². The van der Waals surface area contributed by atoms with E-state index in [-0.39, 0.29) is 11.1 Å². The van der Waals surface area contributed by atoms with Gasteiger partial charge in [-0.1, -0.05) is 12.1 Å². The monoisotopic (exact) mass is 274 g/mol. The average molecular weight is 274 g/mol. The summed E-state index contributed by atoms with van der Waals surface area (Å²) in [5.41, 5.74) is 0.727. The van der Waals surface area contributed by atoms with Crippen molar-refractivity contribution in [3.05, 3.63) is 58.9 Å². The lowest BCUT2D eigenvalue weighted by Gasteiger charge is -2.10. The Hall–Kier alpha value is -2.36. The first-order chi connectivity index (χ1) is 9.58. The average Bonchev–Trinajstić information content (AvgIpc) is 2.48. The minimum absolute atomic E-state index is 0.0246. The van der Waals surface area contributed by atoms with Crippen LogP contribution in [0.1, 0.15) is 21.5 Å². The summed E-state index contributed by atoms with van der Waals surface area (Å²) in [5.74, 6) is -0.0387. The molecule has 0 fully saturated rings. The molecule has 0 atom stereocenters. The van der Waals surface area contributed by atoms with Crippen LogP contribution in [0.25, 0.3) is 0 Å². The molecule has 4 heteroatoms. The molecule has 2 aromatic carbocycles. The molecule has 0 heterocycles. The van der Waals surface area contributed by atoms with Crippen LogP contribution in [-0.2, 0) is 0 Å². The quantitative estimate of drug-likeness (QED) is 0.802. The molecule has 20 heavy (non-hydrogen) atoms. The van der Waals surface area contributed by atoms with Crippen molar-refractivity contribution in [2.75, 3.05) is 14.2 Å². The highest BCUT2D eigenvalue weighted by Gasteiger charge is 2.19. The number of carbonyl (C=O) groups excluding carboxylic acids is 1. The van der Waals surface area contributed by atoms with E-state index in [0.717, 1.165) is 0 Å². The number of ether oxygens (including phenoxy) is 2. The number of rotatable bonds is 4. The molecule has 0 unspecified atom stereocenters. The first-order valence-corrected chi connectivity index (χ1v) is 6.10. The van der Waals surface area contributed by atoms with Gasteiger partial charge in [-0.05, 0) is 36.8 Å². The predicted molar refractivity (Wildman–Crippen MR) is 74.1 cm³/mol. The molecule has 0 spiro atoms.